The van der Waals surface area contributed by atoms with E-state index in [1.165, 1.54) is 6.92 Å². The highest BCUT2D eigenvalue weighted by molar-refractivity contribution is 7.90. The lowest BCUT2D eigenvalue weighted by atomic mass is 10.1. The second-order valence-electron chi connectivity index (χ2n) is 4.41. The van der Waals surface area contributed by atoms with E-state index in [1.54, 1.807) is 12.1 Å². The third kappa shape index (κ3) is 2.74. The van der Waals surface area contributed by atoms with Crippen LogP contribution in [-0.2, 0) is 21.2 Å². The lowest BCUT2D eigenvalue weighted by Crippen LogP contribution is -2.41. The molecule has 0 radical (unpaired) electrons. The number of hydrogen-bond acceptors (Lipinski definition) is 4. The van der Waals surface area contributed by atoms with Crippen LogP contribution in [0.5, 0.6) is 0 Å². The highest BCUT2D eigenvalue weighted by Gasteiger charge is 2.27. The van der Waals surface area contributed by atoms with Crippen LogP contribution in [0.25, 0.3) is 0 Å². The lowest BCUT2D eigenvalue weighted by molar-refractivity contribution is -0.137. The number of rotatable bonds is 3. The Morgan fingerprint density at radius 1 is 1.45 bits per heavy atom. The Morgan fingerprint density at radius 3 is 2.75 bits per heavy atom. The summed E-state index contributed by atoms with van der Waals surface area (Å²) in [6.45, 7) is 3.29. The molecular weight excluding hydrogens is 282 g/mol. The maximum atomic E-state index is 12.1. The highest BCUT2D eigenvalue weighted by Crippen LogP contribution is 2.26. The quantitative estimate of drug-likeness (QED) is 0.764. The number of guanidine groups is 1. The van der Waals surface area contributed by atoms with Crippen molar-refractivity contribution in [2.75, 3.05) is 5.32 Å². The van der Waals surface area contributed by atoms with Gasteiger partial charge in [-0.3, -0.25) is 0 Å². The molecule has 108 valence electrons. The molecule has 20 heavy (non-hydrogen) atoms. The van der Waals surface area contributed by atoms with Crippen molar-refractivity contribution in [1.29, 1.82) is 0 Å². The van der Waals surface area contributed by atoms with Gasteiger partial charge >= 0.3 is 5.97 Å². The van der Waals surface area contributed by atoms with Crippen molar-refractivity contribution in [1.82, 2.24) is 4.72 Å². The Labute approximate surface area is 116 Å². The van der Waals surface area contributed by atoms with Crippen LogP contribution < -0.4 is 10.0 Å². The van der Waals surface area contributed by atoms with E-state index in [4.69, 9.17) is 5.11 Å². The number of nitrogens with one attached hydrogen (secondary N) is 2. The fraction of sp³-hybridized carbons (Fsp3) is 0.333. The summed E-state index contributed by atoms with van der Waals surface area (Å²) >= 11 is 0. The molecule has 0 saturated carbocycles. The van der Waals surface area contributed by atoms with Crippen LogP contribution in [0.3, 0.4) is 0 Å². The molecule has 8 heteroatoms. The molecule has 1 unspecified atom stereocenters. The Balaban J connectivity index is 2.43. The topological polar surface area (TPSA) is 108 Å². The molecule has 1 aliphatic heterocycles. The summed E-state index contributed by atoms with van der Waals surface area (Å²) in [5, 5.41) is 11.6. The summed E-state index contributed by atoms with van der Waals surface area (Å²) in [6.07, 6.45) is 0.722. The Bertz CT molecular complexity index is 682. The summed E-state index contributed by atoms with van der Waals surface area (Å²) < 4.78 is 26.5. The number of sulfonamides is 1. The van der Waals surface area contributed by atoms with Gasteiger partial charge in [-0.05, 0) is 31.0 Å². The number of aryl methyl sites for hydroxylation is 1. The summed E-state index contributed by atoms with van der Waals surface area (Å²) in [6, 6.07) is 4.00. The van der Waals surface area contributed by atoms with Crippen molar-refractivity contribution in [2.45, 2.75) is 31.2 Å². The Hall–Kier alpha value is -2.09. The molecule has 0 saturated heterocycles. The summed E-state index contributed by atoms with van der Waals surface area (Å²) in [7, 11) is -3.73. The number of nitrogens with zero attached hydrogens (tertiary/aromatic N) is 1. The molecule has 0 amide bonds. The first-order chi connectivity index (χ1) is 9.33. The SMILES string of the molecule is CCc1ccc2c(c1)S(=O)(=O)NC(=NC(C)C(=O)O)N2. The van der Waals surface area contributed by atoms with Crippen LogP contribution in [0.15, 0.2) is 28.1 Å². The van der Waals surface area contributed by atoms with Crippen molar-refractivity contribution in [2.24, 2.45) is 4.99 Å². The fourth-order valence-electron chi connectivity index (χ4n) is 1.76. The number of benzene rings is 1. The van der Waals surface area contributed by atoms with Gasteiger partial charge in [0.15, 0.2) is 0 Å². The molecule has 0 aromatic heterocycles. The first kappa shape index (κ1) is 14.3. The molecule has 1 aromatic rings. The van der Waals surface area contributed by atoms with Crippen molar-refractivity contribution < 1.29 is 18.3 Å². The molecule has 0 spiro atoms. The second-order valence-corrected chi connectivity index (χ2v) is 6.06. The third-order valence-corrected chi connectivity index (χ3v) is 4.29. The minimum absolute atomic E-state index is 0.0864. The molecule has 0 fully saturated rings. The Morgan fingerprint density at radius 2 is 2.15 bits per heavy atom. The smallest absolute Gasteiger partial charge is 0.328 e. The highest BCUT2D eigenvalue weighted by atomic mass is 32.2. The monoisotopic (exact) mass is 297 g/mol. The number of hydrogen-bond donors (Lipinski definition) is 3. The van der Waals surface area contributed by atoms with Gasteiger partial charge in [-0.1, -0.05) is 13.0 Å². The predicted molar refractivity (Wildman–Crippen MR) is 74.3 cm³/mol. The first-order valence-corrected chi connectivity index (χ1v) is 7.55. The number of carboxylic acids is 1. The minimum Gasteiger partial charge on any atom is -0.480 e. The Kier molecular flexibility index (Phi) is 3.67. The van der Waals surface area contributed by atoms with Gasteiger partial charge in [0.1, 0.15) is 10.9 Å². The zero-order chi connectivity index (χ0) is 14.9. The molecule has 3 N–H and O–H groups in total. The standard InChI is InChI=1S/C12H15N3O4S/c1-3-8-4-5-9-10(6-8)20(18,19)15-12(14-9)13-7(2)11(16)17/h4-7H,3H2,1-2H3,(H,16,17)(H2,13,14,15). The van der Waals surface area contributed by atoms with Crippen molar-refractivity contribution >= 4 is 27.6 Å². The molecule has 0 aliphatic carbocycles. The van der Waals surface area contributed by atoms with Gasteiger partial charge in [-0.25, -0.2) is 22.9 Å². The van der Waals surface area contributed by atoms with Gasteiger partial charge in [0, 0.05) is 0 Å². The van der Waals surface area contributed by atoms with Gasteiger partial charge in [-0.2, -0.15) is 0 Å². The van der Waals surface area contributed by atoms with E-state index in [1.807, 2.05) is 13.0 Å². The van der Waals surface area contributed by atoms with E-state index in [-0.39, 0.29) is 10.9 Å². The van der Waals surface area contributed by atoms with E-state index in [9.17, 15) is 13.2 Å². The lowest BCUT2D eigenvalue weighted by Gasteiger charge is -2.22. The molecule has 1 atom stereocenters. The third-order valence-electron chi connectivity index (χ3n) is 2.91. The van der Waals surface area contributed by atoms with Gasteiger partial charge < -0.3 is 10.4 Å². The number of carboxylic acid groups (broad SMARTS) is 1. The minimum atomic E-state index is -3.73. The van der Waals surface area contributed by atoms with Crippen LogP contribution in [0.2, 0.25) is 0 Å². The van der Waals surface area contributed by atoms with Gasteiger partial charge in [0.2, 0.25) is 5.96 Å². The number of anilines is 1. The van der Waals surface area contributed by atoms with Crippen LogP contribution in [0.4, 0.5) is 5.69 Å². The summed E-state index contributed by atoms with van der Waals surface area (Å²) in [4.78, 5) is 14.7. The van der Waals surface area contributed by atoms with Crippen molar-refractivity contribution in [3.8, 4) is 0 Å². The number of aliphatic carboxylic acids is 1. The van der Waals surface area contributed by atoms with Crippen LogP contribution in [0, 0.1) is 0 Å². The van der Waals surface area contributed by atoms with Crippen molar-refractivity contribution in [3.05, 3.63) is 23.8 Å². The van der Waals surface area contributed by atoms with Crippen LogP contribution in [-0.4, -0.2) is 31.5 Å². The van der Waals surface area contributed by atoms with E-state index in [0.29, 0.717) is 5.69 Å². The van der Waals surface area contributed by atoms with E-state index in [2.05, 4.69) is 15.0 Å². The van der Waals surface area contributed by atoms with E-state index < -0.39 is 22.0 Å². The average Bonchev–Trinajstić information content (AvgIpc) is 2.37. The molecule has 1 aromatic carbocycles. The van der Waals surface area contributed by atoms with Crippen LogP contribution >= 0.6 is 0 Å². The number of aliphatic imine (C=N–C) groups is 1. The molecule has 0 bridgehead atoms. The van der Waals surface area contributed by atoms with E-state index in [0.717, 1.165) is 12.0 Å². The summed E-state index contributed by atoms with van der Waals surface area (Å²) in [5.74, 6) is -1.22. The van der Waals surface area contributed by atoms with Crippen LogP contribution in [0.1, 0.15) is 19.4 Å². The molecule has 7 nitrogen and oxygen atoms in total. The van der Waals surface area contributed by atoms with Gasteiger partial charge in [-0.15, -0.1) is 0 Å². The average molecular weight is 297 g/mol. The number of fused-ring (bicyclic) bond motifs is 1. The predicted octanol–water partition coefficient (Wildman–Crippen LogP) is 0.782. The number of carbonyl (C=O) groups is 1. The molecule has 1 aliphatic rings. The maximum Gasteiger partial charge on any atom is 0.328 e. The normalized spacial score (nSPS) is 19.6. The zero-order valence-corrected chi connectivity index (χ0v) is 11.9. The van der Waals surface area contributed by atoms with Crippen molar-refractivity contribution in [3.63, 3.8) is 0 Å². The fourth-order valence-corrected chi connectivity index (χ4v) is 2.94. The molecule has 1 heterocycles. The van der Waals surface area contributed by atoms with E-state index >= 15 is 0 Å². The maximum absolute atomic E-state index is 12.1. The first-order valence-electron chi connectivity index (χ1n) is 6.07. The largest absolute Gasteiger partial charge is 0.480 e. The zero-order valence-electron chi connectivity index (χ0n) is 11.0. The van der Waals surface area contributed by atoms with Gasteiger partial charge in [0.05, 0.1) is 5.69 Å². The second kappa shape index (κ2) is 5.12. The van der Waals surface area contributed by atoms with Gasteiger partial charge in [0.25, 0.3) is 10.0 Å². The molecule has 2 rings (SSSR count). The molecular formula is C12H15N3O4S. The summed E-state index contributed by atoms with van der Waals surface area (Å²) in [5.41, 5.74) is 1.28.